The van der Waals surface area contributed by atoms with Gasteiger partial charge in [0, 0.05) is 19.5 Å². The fourth-order valence-corrected chi connectivity index (χ4v) is 3.53. The van der Waals surface area contributed by atoms with Gasteiger partial charge in [-0.1, -0.05) is 18.2 Å². The van der Waals surface area contributed by atoms with Crippen molar-refractivity contribution in [3.8, 4) is 5.75 Å². The first-order chi connectivity index (χ1) is 12.1. The number of piperidine rings is 1. The molecule has 0 aromatic heterocycles. The molecule has 0 spiro atoms. The van der Waals surface area contributed by atoms with Gasteiger partial charge in [0.1, 0.15) is 11.8 Å². The summed E-state index contributed by atoms with van der Waals surface area (Å²) >= 11 is 0. The lowest BCUT2D eigenvalue weighted by molar-refractivity contribution is -0.132. The van der Waals surface area contributed by atoms with Crippen molar-refractivity contribution in [1.29, 1.82) is 0 Å². The second-order valence-corrected chi connectivity index (χ2v) is 6.45. The highest BCUT2D eigenvalue weighted by molar-refractivity contribution is 6.04. The molecular formula is C18H23N3O4. The minimum Gasteiger partial charge on any atom is -0.496 e. The molecule has 2 aliphatic rings. The molecule has 0 bridgehead atoms. The number of ether oxygens (including phenoxy) is 1. The fourth-order valence-electron chi connectivity index (χ4n) is 3.53. The third kappa shape index (κ3) is 3.92. The normalized spacial score (nSPS) is 21.0. The van der Waals surface area contributed by atoms with E-state index in [-0.39, 0.29) is 18.2 Å². The number of imide groups is 1. The zero-order valence-electron chi connectivity index (χ0n) is 14.3. The molecule has 0 aliphatic carbocycles. The number of rotatable bonds is 5. The minimum absolute atomic E-state index is 0.0347. The average molecular weight is 345 g/mol. The van der Waals surface area contributed by atoms with Crippen molar-refractivity contribution in [2.45, 2.75) is 37.6 Å². The fraction of sp³-hybridized carbons (Fsp3) is 0.500. The summed E-state index contributed by atoms with van der Waals surface area (Å²) in [5, 5.41) is 4.70. The van der Waals surface area contributed by atoms with Gasteiger partial charge in [-0.2, -0.15) is 0 Å². The lowest BCUT2D eigenvalue weighted by atomic mass is 9.88. The third-order valence-corrected chi connectivity index (χ3v) is 4.93. The molecule has 1 atom stereocenters. The highest BCUT2D eigenvalue weighted by Crippen LogP contribution is 2.34. The van der Waals surface area contributed by atoms with Gasteiger partial charge in [-0.3, -0.25) is 14.9 Å². The summed E-state index contributed by atoms with van der Waals surface area (Å²) in [7, 11) is 1.68. The Morgan fingerprint density at radius 2 is 1.96 bits per heavy atom. The number of nitrogens with one attached hydrogen (secondary N) is 2. The summed E-state index contributed by atoms with van der Waals surface area (Å²) in [6.07, 6.45) is 2.39. The highest BCUT2D eigenvalue weighted by atomic mass is 16.5. The molecule has 2 aliphatic heterocycles. The molecule has 7 heteroatoms. The van der Waals surface area contributed by atoms with E-state index in [4.69, 9.17) is 4.74 Å². The number of methoxy groups -OCH3 is 1. The summed E-state index contributed by atoms with van der Waals surface area (Å²) in [6.45, 7) is 1.40. The van der Waals surface area contributed by atoms with Gasteiger partial charge in [-0.15, -0.1) is 0 Å². The Morgan fingerprint density at radius 3 is 2.60 bits per heavy atom. The van der Waals surface area contributed by atoms with Gasteiger partial charge < -0.3 is 15.0 Å². The van der Waals surface area contributed by atoms with Crippen molar-refractivity contribution >= 4 is 17.8 Å². The van der Waals surface area contributed by atoms with Crippen molar-refractivity contribution in [3.63, 3.8) is 0 Å². The molecule has 25 heavy (non-hydrogen) atoms. The van der Waals surface area contributed by atoms with Crippen molar-refractivity contribution in [2.75, 3.05) is 20.2 Å². The number of carbonyl (C=O) groups is 3. The summed E-state index contributed by atoms with van der Waals surface area (Å²) in [5.74, 6) is 0.968. The van der Waals surface area contributed by atoms with Gasteiger partial charge in [-0.25, -0.2) is 4.79 Å². The second kappa shape index (κ2) is 7.55. The van der Waals surface area contributed by atoms with Crippen LogP contribution in [-0.2, 0) is 9.59 Å². The van der Waals surface area contributed by atoms with Crippen LogP contribution in [0.15, 0.2) is 24.3 Å². The number of hydrogen-bond donors (Lipinski definition) is 2. The number of amides is 4. The van der Waals surface area contributed by atoms with Crippen LogP contribution in [0.5, 0.6) is 5.75 Å². The number of benzene rings is 1. The first-order valence-corrected chi connectivity index (χ1v) is 8.60. The molecule has 1 aromatic rings. The zero-order valence-corrected chi connectivity index (χ0v) is 14.3. The predicted octanol–water partition coefficient (Wildman–Crippen LogP) is 1.39. The van der Waals surface area contributed by atoms with E-state index in [9.17, 15) is 14.4 Å². The van der Waals surface area contributed by atoms with Gasteiger partial charge in [0.2, 0.25) is 5.91 Å². The number of likely N-dealkylation sites (tertiary alicyclic amines) is 1. The van der Waals surface area contributed by atoms with Crippen molar-refractivity contribution in [3.05, 3.63) is 29.8 Å². The first kappa shape index (κ1) is 17.3. The Morgan fingerprint density at radius 1 is 1.24 bits per heavy atom. The Balaban J connectivity index is 1.49. The summed E-state index contributed by atoms with van der Waals surface area (Å²) in [4.78, 5) is 36.8. The molecule has 1 aromatic carbocycles. The van der Waals surface area contributed by atoms with Crippen LogP contribution >= 0.6 is 0 Å². The van der Waals surface area contributed by atoms with E-state index in [1.165, 1.54) is 5.56 Å². The summed E-state index contributed by atoms with van der Waals surface area (Å²) in [5.41, 5.74) is 1.20. The van der Waals surface area contributed by atoms with Crippen LogP contribution in [0.3, 0.4) is 0 Å². The van der Waals surface area contributed by atoms with Gasteiger partial charge >= 0.3 is 6.03 Å². The van der Waals surface area contributed by atoms with Crippen LogP contribution in [-0.4, -0.2) is 49.0 Å². The van der Waals surface area contributed by atoms with Gasteiger partial charge in [-0.05, 0) is 36.8 Å². The lowest BCUT2D eigenvalue weighted by Gasteiger charge is -2.33. The largest absolute Gasteiger partial charge is 0.496 e. The molecule has 2 heterocycles. The molecule has 3 rings (SSSR count). The standard InChI is InChI=1S/C18H23N3O4/c1-25-15-5-3-2-4-13(15)12-8-10-21(11-9-12)16(22)7-6-14-17(23)20-18(24)19-14/h2-5,12,14H,6-11H2,1H3,(H2,19,20,23,24). The van der Waals surface area contributed by atoms with E-state index in [2.05, 4.69) is 16.7 Å². The van der Waals surface area contributed by atoms with Crippen molar-refractivity contribution < 1.29 is 19.1 Å². The zero-order chi connectivity index (χ0) is 17.8. The van der Waals surface area contributed by atoms with Crippen LogP contribution in [0.25, 0.3) is 0 Å². The number of nitrogens with zero attached hydrogens (tertiary/aromatic N) is 1. The maximum atomic E-state index is 12.4. The molecule has 0 saturated carbocycles. The Bertz CT molecular complexity index is 668. The van der Waals surface area contributed by atoms with Crippen molar-refractivity contribution in [2.24, 2.45) is 0 Å². The maximum absolute atomic E-state index is 12.4. The van der Waals surface area contributed by atoms with Gasteiger partial charge in [0.15, 0.2) is 0 Å². The third-order valence-electron chi connectivity index (χ3n) is 4.93. The molecular weight excluding hydrogens is 322 g/mol. The Kier molecular flexibility index (Phi) is 5.21. The van der Waals surface area contributed by atoms with E-state index in [1.54, 1.807) is 7.11 Å². The molecule has 0 radical (unpaired) electrons. The number of para-hydroxylation sites is 1. The van der Waals surface area contributed by atoms with Crippen LogP contribution in [0.4, 0.5) is 4.79 Å². The van der Waals surface area contributed by atoms with E-state index in [0.29, 0.717) is 25.4 Å². The molecule has 2 N–H and O–H groups in total. The number of hydrogen-bond acceptors (Lipinski definition) is 4. The van der Waals surface area contributed by atoms with Crippen LogP contribution < -0.4 is 15.4 Å². The summed E-state index contributed by atoms with van der Waals surface area (Å²) < 4.78 is 5.43. The van der Waals surface area contributed by atoms with Crippen LogP contribution in [0.2, 0.25) is 0 Å². The maximum Gasteiger partial charge on any atom is 0.322 e. The van der Waals surface area contributed by atoms with Crippen molar-refractivity contribution in [1.82, 2.24) is 15.5 Å². The summed E-state index contributed by atoms with van der Waals surface area (Å²) in [6, 6.07) is 6.94. The minimum atomic E-state index is -0.595. The molecule has 1 unspecified atom stereocenters. The van der Waals surface area contributed by atoms with E-state index < -0.39 is 12.1 Å². The smallest absolute Gasteiger partial charge is 0.322 e. The monoisotopic (exact) mass is 345 g/mol. The van der Waals surface area contributed by atoms with Gasteiger partial charge in [0.25, 0.3) is 5.91 Å². The molecule has 7 nitrogen and oxygen atoms in total. The molecule has 4 amide bonds. The SMILES string of the molecule is COc1ccccc1C1CCN(C(=O)CCC2NC(=O)NC2=O)CC1. The van der Waals surface area contributed by atoms with E-state index in [0.717, 1.165) is 18.6 Å². The predicted molar refractivity (Wildman–Crippen MR) is 91.2 cm³/mol. The van der Waals surface area contributed by atoms with Crippen LogP contribution in [0, 0.1) is 0 Å². The second-order valence-electron chi connectivity index (χ2n) is 6.45. The molecule has 134 valence electrons. The first-order valence-electron chi connectivity index (χ1n) is 8.60. The van der Waals surface area contributed by atoms with Gasteiger partial charge in [0.05, 0.1) is 7.11 Å². The lowest BCUT2D eigenvalue weighted by Crippen LogP contribution is -2.39. The topological polar surface area (TPSA) is 87.7 Å². The number of urea groups is 1. The highest BCUT2D eigenvalue weighted by Gasteiger charge is 2.31. The van der Waals surface area contributed by atoms with Crippen LogP contribution in [0.1, 0.15) is 37.2 Å². The van der Waals surface area contributed by atoms with E-state index in [1.807, 2.05) is 23.1 Å². The number of carbonyl (C=O) groups excluding carboxylic acids is 3. The quantitative estimate of drug-likeness (QED) is 0.790. The van der Waals surface area contributed by atoms with E-state index >= 15 is 0 Å². The average Bonchev–Trinajstić information content (AvgIpc) is 2.97. The molecule has 2 saturated heterocycles. The molecule has 2 fully saturated rings. The Hall–Kier alpha value is -2.57. The Labute approximate surface area is 146 Å².